The Labute approximate surface area is 102 Å². The standard InChI is InChI=1S/C13H21NO3/c1-13(2,8-15)12(14)11-9(16-3)6-5-7-10(11)17-4/h5-7,12,15H,8,14H2,1-4H3/t12-/m1/s1. The summed E-state index contributed by atoms with van der Waals surface area (Å²) < 4.78 is 10.6. The number of hydrogen-bond acceptors (Lipinski definition) is 4. The lowest BCUT2D eigenvalue weighted by Crippen LogP contribution is -2.33. The van der Waals surface area contributed by atoms with Gasteiger partial charge < -0.3 is 20.3 Å². The largest absolute Gasteiger partial charge is 0.496 e. The first-order chi connectivity index (χ1) is 7.97. The second-order valence-electron chi connectivity index (χ2n) is 4.70. The monoisotopic (exact) mass is 239 g/mol. The Morgan fingerprint density at radius 3 is 2.06 bits per heavy atom. The fraction of sp³-hybridized carbons (Fsp3) is 0.538. The highest BCUT2D eigenvalue weighted by molar-refractivity contribution is 5.47. The summed E-state index contributed by atoms with van der Waals surface area (Å²) in [4.78, 5) is 0. The molecule has 0 spiro atoms. The summed E-state index contributed by atoms with van der Waals surface area (Å²) in [5.74, 6) is 1.36. The third kappa shape index (κ3) is 2.70. The van der Waals surface area contributed by atoms with Crippen LogP contribution in [0.3, 0.4) is 0 Å². The molecule has 0 saturated heterocycles. The van der Waals surface area contributed by atoms with Gasteiger partial charge in [0.1, 0.15) is 11.5 Å². The van der Waals surface area contributed by atoms with Gasteiger partial charge in [-0.15, -0.1) is 0 Å². The molecule has 0 aromatic heterocycles. The summed E-state index contributed by atoms with van der Waals surface area (Å²) in [5, 5.41) is 9.39. The van der Waals surface area contributed by atoms with Crippen LogP contribution in [0.2, 0.25) is 0 Å². The molecule has 1 aromatic rings. The van der Waals surface area contributed by atoms with E-state index in [4.69, 9.17) is 15.2 Å². The molecule has 0 aliphatic carbocycles. The smallest absolute Gasteiger partial charge is 0.127 e. The van der Waals surface area contributed by atoms with E-state index in [0.29, 0.717) is 11.5 Å². The Morgan fingerprint density at radius 1 is 1.24 bits per heavy atom. The third-order valence-electron chi connectivity index (χ3n) is 3.03. The van der Waals surface area contributed by atoms with Crippen molar-refractivity contribution in [3.8, 4) is 11.5 Å². The van der Waals surface area contributed by atoms with Gasteiger partial charge in [0.15, 0.2) is 0 Å². The van der Waals surface area contributed by atoms with Crippen molar-refractivity contribution in [2.45, 2.75) is 19.9 Å². The Hall–Kier alpha value is -1.26. The maximum atomic E-state index is 9.39. The molecule has 0 bridgehead atoms. The maximum absolute atomic E-state index is 9.39. The summed E-state index contributed by atoms with van der Waals surface area (Å²) in [5.41, 5.74) is 6.56. The average Bonchev–Trinajstić information content (AvgIpc) is 2.36. The van der Waals surface area contributed by atoms with Crippen LogP contribution in [0, 0.1) is 5.41 Å². The van der Waals surface area contributed by atoms with Crippen molar-refractivity contribution in [1.82, 2.24) is 0 Å². The van der Waals surface area contributed by atoms with E-state index in [2.05, 4.69) is 0 Å². The van der Waals surface area contributed by atoms with Crippen LogP contribution in [-0.4, -0.2) is 25.9 Å². The molecule has 0 saturated carbocycles. The highest BCUT2D eigenvalue weighted by atomic mass is 16.5. The van der Waals surface area contributed by atoms with Gasteiger partial charge in [0.25, 0.3) is 0 Å². The maximum Gasteiger partial charge on any atom is 0.127 e. The normalized spacial score (nSPS) is 13.3. The molecule has 0 fully saturated rings. The van der Waals surface area contributed by atoms with E-state index in [1.807, 2.05) is 32.0 Å². The predicted molar refractivity (Wildman–Crippen MR) is 67.3 cm³/mol. The van der Waals surface area contributed by atoms with Crippen molar-refractivity contribution < 1.29 is 14.6 Å². The van der Waals surface area contributed by atoms with E-state index in [1.54, 1.807) is 14.2 Å². The zero-order valence-corrected chi connectivity index (χ0v) is 10.9. The van der Waals surface area contributed by atoms with Crippen LogP contribution in [0.1, 0.15) is 25.5 Å². The number of hydrogen-bond donors (Lipinski definition) is 2. The Balaban J connectivity index is 3.27. The van der Waals surface area contributed by atoms with Crippen LogP contribution < -0.4 is 15.2 Å². The summed E-state index contributed by atoms with van der Waals surface area (Å²) >= 11 is 0. The first-order valence-electron chi connectivity index (χ1n) is 5.55. The molecule has 17 heavy (non-hydrogen) atoms. The van der Waals surface area contributed by atoms with Crippen molar-refractivity contribution in [3.05, 3.63) is 23.8 Å². The number of nitrogens with two attached hydrogens (primary N) is 1. The topological polar surface area (TPSA) is 64.7 Å². The Bertz CT molecular complexity index is 355. The molecule has 0 radical (unpaired) electrons. The van der Waals surface area contributed by atoms with Crippen LogP contribution in [0.25, 0.3) is 0 Å². The molecule has 4 nitrogen and oxygen atoms in total. The van der Waals surface area contributed by atoms with Gasteiger partial charge >= 0.3 is 0 Å². The van der Waals surface area contributed by atoms with Crippen molar-refractivity contribution in [2.75, 3.05) is 20.8 Å². The lowest BCUT2D eigenvalue weighted by Gasteiger charge is -2.31. The van der Waals surface area contributed by atoms with Crippen molar-refractivity contribution in [2.24, 2.45) is 11.1 Å². The molecule has 4 heteroatoms. The van der Waals surface area contributed by atoms with Crippen LogP contribution in [0.5, 0.6) is 11.5 Å². The number of methoxy groups -OCH3 is 2. The summed E-state index contributed by atoms with van der Waals surface area (Å²) in [6, 6.07) is 5.16. The van der Waals surface area contributed by atoms with Gasteiger partial charge in [-0.05, 0) is 12.1 Å². The van der Waals surface area contributed by atoms with E-state index >= 15 is 0 Å². The first-order valence-corrected chi connectivity index (χ1v) is 5.55. The molecule has 0 aliphatic rings. The molecule has 96 valence electrons. The number of benzene rings is 1. The van der Waals surface area contributed by atoms with Crippen molar-refractivity contribution >= 4 is 0 Å². The molecule has 0 aliphatic heterocycles. The van der Waals surface area contributed by atoms with Gasteiger partial charge in [-0.1, -0.05) is 19.9 Å². The minimum absolute atomic E-state index is 0.00459. The quantitative estimate of drug-likeness (QED) is 0.821. The molecular weight excluding hydrogens is 218 g/mol. The van der Waals surface area contributed by atoms with E-state index in [0.717, 1.165) is 5.56 Å². The predicted octanol–water partition coefficient (Wildman–Crippen LogP) is 1.72. The SMILES string of the molecule is COc1cccc(OC)c1[C@@H](N)C(C)(C)CO. The van der Waals surface area contributed by atoms with E-state index in [1.165, 1.54) is 0 Å². The van der Waals surface area contributed by atoms with Crippen LogP contribution in [-0.2, 0) is 0 Å². The van der Waals surface area contributed by atoms with E-state index in [9.17, 15) is 5.11 Å². The average molecular weight is 239 g/mol. The van der Waals surface area contributed by atoms with Gasteiger partial charge in [-0.25, -0.2) is 0 Å². The summed E-state index contributed by atoms with van der Waals surface area (Å²) in [6.07, 6.45) is 0. The number of rotatable bonds is 5. The molecule has 0 heterocycles. The van der Waals surface area contributed by atoms with Crippen LogP contribution in [0.15, 0.2) is 18.2 Å². The molecule has 1 atom stereocenters. The summed E-state index contributed by atoms with van der Waals surface area (Å²) in [6.45, 7) is 3.81. The second-order valence-corrected chi connectivity index (χ2v) is 4.70. The van der Waals surface area contributed by atoms with Crippen LogP contribution >= 0.6 is 0 Å². The molecule has 0 amide bonds. The first kappa shape index (κ1) is 13.8. The third-order valence-corrected chi connectivity index (χ3v) is 3.03. The van der Waals surface area contributed by atoms with Gasteiger partial charge in [-0.2, -0.15) is 0 Å². The van der Waals surface area contributed by atoms with Gasteiger partial charge in [-0.3, -0.25) is 0 Å². The Morgan fingerprint density at radius 2 is 1.71 bits per heavy atom. The molecule has 1 rings (SSSR count). The lowest BCUT2D eigenvalue weighted by molar-refractivity contribution is 0.129. The van der Waals surface area contributed by atoms with Gasteiger partial charge in [0, 0.05) is 18.1 Å². The molecule has 0 unspecified atom stereocenters. The van der Waals surface area contributed by atoms with Crippen molar-refractivity contribution in [1.29, 1.82) is 0 Å². The number of ether oxygens (including phenoxy) is 2. The fourth-order valence-electron chi connectivity index (χ4n) is 1.68. The molecule has 1 aromatic carbocycles. The zero-order valence-electron chi connectivity index (χ0n) is 10.9. The van der Waals surface area contributed by atoms with Crippen molar-refractivity contribution in [3.63, 3.8) is 0 Å². The number of aliphatic hydroxyl groups excluding tert-OH is 1. The Kier molecular flexibility index (Phi) is 4.37. The van der Waals surface area contributed by atoms with Crippen LogP contribution in [0.4, 0.5) is 0 Å². The van der Waals surface area contributed by atoms with Gasteiger partial charge in [0.2, 0.25) is 0 Å². The molecular formula is C13H21NO3. The number of aliphatic hydroxyl groups is 1. The highest BCUT2D eigenvalue weighted by Crippen LogP contribution is 2.40. The van der Waals surface area contributed by atoms with E-state index < -0.39 is 5.41 Å². The minimum Gasteiger partial charge on any atom is -0.496 e. The summed E-state index contributed by atoms with van der Waals surface area (Å²) in [7, 11) is 3.19. The second kappa shape index (κ2) is 5.38. The van der Waals surface area contributed by atoms with Gasteiger partial charge in [0.05, 0.1) is 19.8 Å². The minimum atomic E-state index is -0.443. The molecule has 3 N–H and O–H groups in total. The lowest BCUT2D eigenvalue weighted by atomic mass is 9.81. The highest BCUT2D eigenvalue weighted by Gasteiger charge is 2.31. The zero-order chi connectivity index (χ0) is 13.1. The van der Waals surface area contributed by atoms with E-state index in [-0.39, 0.29) is 12.6 Å². The fourth-order valence-corrected chi connectivity index (χ4v) is 1.68.